The van der Waals surface area contributed by atoms with E-state index < -0.39 is 0 Å². The lowest BCUT2D eigenvalue weighted by molar-refractivity contribution is -0.116. The van der Waals surface area contributed by atoms with Gasteiger partial charge in [0.1, 0.15) is 11.5 Å². The van der Waals surface area contributed by atoms with Crippen LogP contribution in [0.15, 0.2) is 65.1 Å². The molecule has 1 heterocycles. The van der Waals surface area contributed by atoms with Gasteiger partial charge in [-0.05, 0) is 49.6 Å². The lowest BCUT2D eigenvalue weighted by Crippen LogP contribution is -2.25. The summed E-state index contributed by atoms with van der Waals surface area (Å²) in [4.78, 5) is 24.7. The van der Waals surface area contributed by atoms with E-state index in [9.17, 15) is 9.59 Å². The van der Waals surface area contributed by atoms with E-state index in [2.05, 4.69) is 10.6 Å². The highest BCUT2D eigenvalue weighted by Gasteiger charge is 2.24. The Hall–Kier alpha value is -3.34. The van der Waals surface area contributed by atoms with Crippen LogP contribution < -0.4 is 10.6 Å². The first-order valence-corrected chi connectivity index (χ1v) is 9.94. The fraction of sp³-hybridized carbons (Fsp3) is 0.250. The predicted molar refractivity (Wildman–Crippen MR) is 113 cm³/mol. The maximum Gasteiger partial charge on any atom is 0.251 e. The van der Waals surface area contributed by atoms with Gasteiger partial charge in [0.25, 0.3) is 5.91 Å². The van der Waals surface area contributed by atoms with Crippen LogP contribution in [0.1, 0.15) is 40.9 Å². The second kappa shape index (κ2) is 8.35. The molecule has 1 aliphatic rings. The molecule has 148 valence electrons. The van der Waals surface area contributed by atoms with Gasteiger partial charge in [-0.15, -0.1) is 0 Å². The number of anilines is 1. The second-order valence-corrected chi connectivity index (χ2v) is 7.46. The molecule has 0 radical (unpaired) electrons. The number of benzene rings is 2. The molecule has 0 spiro atoms. The molecule has 1 aromatic heterocycles. The molecule has 0 saturated heterocycles. The predicted octanol–water partition coefficient (Wildman–Crippen LogP) is 4.72. The summed E-state index contributed by atoms with van der Waals surface area (Å²) in [5, 5.41) is 5.89. The van der Waals surface area contributed by atoms with E-state index in [-0.39, 0.29) is 11.8 Å². The largest absolute Gasteiger partial charge is 0.461 e. The van der Waals surface area contributed by atoms with Crippen molar-refractivity contribution < 1.29 is 14.0 Å². The van der Waals surface area contributed by atoms with Gasteiger partial charge in [0.15, 0.2) is 0 Å². The SMILES string of the molecule is Cc1ccc(C(=O)NC2CC2)cc1NC(=O)CCc1ccc(-c2ccccc2)o1. The monoisotopic (exact) mass is 388 g/mol. The highest BCUT2D eigenvalue weighted by Crippen LogP contribution is 2.23. The third-order valence-corrected chi connectivity index (χ3v) is 5.00. The maximum absolute atomic E-state index is 12.4. The van der Waals surface area contributed by atoms with Crippen molar-refractivity contribution in [3.63, 3.8) is 0 Å². The Kier molecular flexibility index (Phi) is 5.47. The molecule has 1 fully saturated rings. The molecule has 0 atom stereocenters. The van der Waals surface area contributed by atoms with E-state index >= 15 is 0 Å². The van der Waals surface area contributed by atoms with Gasteiger partial charge >= 0.3 is 0 Å². The van der Waals surface area contributed by atoms with Crippen LogP contribution in [0.2, 0.25) is 0 Å². The molecule has 1 aliphatic carbocycles. The van der Waals surface area contributed by atoms with Crippen LogP contribution in [-0.2, 0) is 11.2 Å². The molecule has 29 heavy (non-hydrogen) atoms. The molecule has 2 aromatic carbocycles. The highest BCUT2D eigenvalue weighted by molar-refractivity contribution is 5.98. The molecular weight excluding hydrogens is 364 g/mol. The minimum absolute atomic E-state index is 0.0907. The molecule has 0 unspecified atom stereocenters. The van der Waals surface area contributed by atoms with Crippen LogP contribution in [-0.4, -0.2) is 17.9 Å². The maximum atomic E-state index is 12.4. The molecule has 3 aromatic rings. The van der Waals surface area contributed by atoms with Crippen molar-refractivity contribution >= 4 is 17.5 Å². The normalized spacial score (nSPS) is 13.1. The number of carbonyl (C=O) groups excluding carboxylic acids is 2. The number of nitrogens with one attached hydrogen (secondary N) is 2. The average Bonchev–Trinajstić information content (AvgIpc) is 3.41. The standard InChI is InChI=1S/C24H24N2O3/c1-16-7-8-18(24(28)25-19-9-10-19)15-21(16)26-23(27)14-12-20-11-13-22(29-20)17-5-3-2-4-6-17/h2-8,11,13,15,19H,9-10,12,14H2,1H3,(H,25,28)(H,26,27). The summed E-state index contributed by atoms with van der Waals surface area (Å²) in [6, 6.07) is 19.4. The van der Waals surface area contributed by atoms with Crippen LogP contribution in [0, 0.1) is 6.92 Å². The van der Waals surface area contributed by atoms with Crippen molar-refractivity contribution in [3.8, 4) is 11.3 Å². The number of amides is 2. The number of aryl methyl sites for hydroxylation is 2. The van der Waals surface area contributed by atoms with Gasteiger partial charge in [0, 0.05) is 35.7 Å². The number of rotatable bonds is 7. The van der Waals surface area contributed by atoms with E-state index in [0.717, 1.165) is 35.5 Å². The molecule has 1 saturated carbocycles. The van der Waals surface area contributed by atoms with Crippen molar-refractivity contribution in [2.75, 3.05) is 5.32 Å². The molecule has 4 rings (SSSR count). The van der Waals surface area contributed by atoms with Gasteiger partial charge in [-0.3, -0.25) is 9.59 Å². The zero-order chi connectivity index (χ0) is 20.2. The molecular formula is C24H24N2O3. The average molecular weight is 388 g/mol. The topological polar surface area (TPSA) is 71.3 Å². The van der Waals surface area contributed by atoms with E-state index in [1.54, 1.807) is 12.1 Å². The second-order valence-electron chi connectivity index (χ2n) is 7.46. The highest BCUT2D eigenvalue weighted by atomic mass is 16.3. The Bertz CT molecular complexity index is 1020. The summed E-state index contributed by atoms with van der Waals surface area (Å²) in [7, 11) is 0. The first-order chi connectivity index (χ1) is 14.1. The van der Waals surface area contributed by atoms with Crippen LogP contribution in [0.5, 0.6) is 0 Å². The number of carbonyl (C=O) groups is 2. The summed E-state index contributed by atoms with van der Waals surface area (Å²) in [5.74, 6) is 1.37. The van der Waals surface area contributed by atoms with E-state index in [1.807, 2.05) is 55.5 Å². The summed E-state index contributed by atoms with van der Waals surface area (Å²) in [5.41, 5.74) is 3.17. The van der Waals surface area contributed by atoms with Crippen molar-refractivity contribution in [3.05, 3.63) is 77.6 Å². The molecule has 5 heteroatoms. The smallest absolute Gasteiger partial charge is 0.251 e. The number of hydrogen-bond acceptors (Lipinski definition) is 3. The first kappa shape index (κ1) is 19.0. The molecule has 5 nitrogen and oxygen atoms in total. The first-order valence-electron chi connectivity index (χ1n) is 9.94. The third-order valence-electron chi connectivity index (χ3n) is 5.00. The van der Waals surface area contributed by atoms with Gasteiger partial charge in [0.05, 0.1) is 0 Å². The number of furan rings is 1. The van der Waals surface area contributed by atoms with E-state index in [4.69, 9.17) is 4.42 Å². The molecule has 2 N–H and O–H groups in total. The lowest BCUT2D eigenvalue weighted by Gasteiger charge is -2.11. The Morgan fingerprint density at radius 2 is 1.83 bits per heavy atom. The lowest BCUT2D eigenvalue weighted by atomic mass is 10.1. The molecule has 2 amide bonds. The Labute approximate surface area is 170 Å². The van der Waals surface area contributed by atoms with Gasteiger partial charge in [-0.25, -0.2) is 0 Å². The van der Waals surface area contributed by atoms with Crippen molar-refractivity contribution in [2.24, 2.45) is 0 Å². The zero-order valence-corrected chi connectivity index (χ0v) is 16.4. The number of hydrogen-bond donors (Lipinski definition) is 2. The van der Waals surface area contributed by atoms with Gasteiger partial charge in [-0.2, -0.15) is 0 Å². The van der Waals surface area contributed by atoms with Gasteiger partial charge < -0.3 is 15.1 Å². The fourth-order valence-corrected chi connectivity index (χ4v) is 3.11. The van der Waals surface area contributed by atoms with Gasteiger partial charge in [0.2, 0.25) is 5.91 Å². The van der Waals surface area contributed by atoms with Crippen LogP contribution in [0.3, 0.4) is 0 Å². The Morgan fingerprint density at radius 3 is 2.59 bits per heavy atom. The van der Waals surface area contributed by atoms with Crippen LogP contribution in [0.4, 0.5) is 5.69 Å². The van der Waals surface area contributed by atoms with Crippen molar-refractivity contribution in [1.82, 2.24) is 5.32 Å². The minimum atomic E-state index is -0.106. The summed E-state index contributed by atoms with van der Waals surface area (Å²) >= 11 is 0. The minimum Gasteiger partial charge on any atom is -0.461 e. The van der Waals surface area contributed by atoms with E-state index in [1.165, 1.54) is 0 Å². The van der Waals surface area contributed by atoms with Crippen molar-refractivity contribution in [2.45, 2.75) is 38.6 Å². The van der Waals surface area contributed by atoms with Crippen molar-refractivity contribution in [1.29, 1.82) is 0 Å². The Morgan fingerprint density at radius 1 is 1.03 bits per heavy atom. The van der Waals surface area contributed by atoms with E-state index in [0.29, 0.717) is 30.1 Å². The Balaban J connectivity index is 1.35. The van der Waals surface area contributed by atoms with Gasteiger partial charge in [-0.1, -0.05) is 36.4 Å². The van der Waals surface area contributed by atoms with Crippen LogP contribution >= 0.6 is 0 Å². The quantitative estimate of drug-likeness (QED) is 0.615. The summed E-state index contributed by atoms with van der Waals surface area (Å²) in [6.07, 6.45) is 2.90. The molecule has 0 bridgehead atoms. The molecule has 0 aliphatic heterocycles. The fourth-order valence-electron chi connectivity index (χ4n) is 3.11. The van der Waals surface area contributed by atoms with Crippen LogP contribution in [0.25, 0.3) is 11.3 Å². The zero-order valence-electron chi connectivity index (χ0n) is 16.4. The third kappa shape index (κ3) is 4.93. The summed E-state index contributed by atoms with van der Waals surface area (Å²) < 4.78 is 5.85. The summed E-state index contributed by atoms with van der Waals surface area (Å²) in [6.45, 7) is 1.91.